The molecule has 0 radical (unpaired) electrons. The number of thiazole rings is 1. The molecule has 1 unspecified atom stereocenters. The van der Waals surface area contributed by atoms with Gasteiger partial charge in [0.1, 0.15) is 15.8 Å². The van der Waals surface area contributed by atoms with Crippen molar-refractivity contribution >= 4 is 28.6 Å². The molecule has 0 bridgehead atoms. The van der Waals surface area contributed by atoms with Crippen molar-refractivity contribution in [3.8, 4) is 21.5 Å². The molecular weight excluding hydrogens is 489 g/mol. The van der Waals surface area contributed by atoms with Crippen molar-refractivity contribution in [3.63, 3.8) is 0 Å². The van der Waals surface area contributed by atoms with Crippen LogP contribution < -0.4 is 10.1 Å². The quantitative estimate of drug-likeness (QED) is 0.375. The van der Waals surface area contributed by atoms with Crippen molar-refractivity contribution in [2.45, 2.75) is 33.0 Å². The lowest BCUT2D eigenvalue weighted by Crippen LogP contribution is -2.27. The van der Waals surface area contributed by atoms with Gasteiger partial charge in [-0.05, 0) is 39.0 Å². The number of ether oxygens (including phenoxy) is 1. The number of carbonyl (C=O) groups excluding carboxylic acids is 1. The van der Waals surface area contributed by atoms with Crippen LogP contribution in [-0.2, 0) is 6.18 Å². The Morgan fingerprint density at radius 2 is 1.76 bits per heavy atom. The van der Waals surface area contributed by atoms with Crippen molar-refractivity contribution in [2.75, 3.05) is 0 Å². The van der Waals surface area contributed by atoms with Crippen LogP contribution in [0.1, 0.15) is 44.6 Å². The molecule has 0 fully saturated rings. The molecule has 1 N–H and O–H groups in total. The topological polar surface area (TPSA) is 103 Å². The van der Waals surface area contributed by atoms with Gasteiger partial charge in [-0.15, -0.1) is 16.4 Å². The van der Waals surface area contributed by atoms with Crippen LogP contribution in [0.15, 0.2) is 36.8 Å². The summed E-state index contributed by atoms with van der Waals surface area (Å²) in [5.41, 5.74) is 1.28. The van der Waals surface area contributed by atoms with Crippen molar-refractivity contribution in [1.82, 2.24) is 30.5 Å². The van der Waals surface area contributed by atoms with Gasteiger partial charge < -0.3 is 10.1 Å². The van der Waals surface area contributed by atoms with Gasteiger partial charge in [0.25, 0.3) is 11.1 Å². The van der Waals surface area contributed by atoms with Crippen LogP contribution in [0, 0.1) is 13.8 Å². The lowest BCUT2D eigenvalue weighted by atomic mass is 10.1. The Kier molecular flexibility index (Phi) is 6.57. The van der Waals surface area contributed by atoms with Crippen LogP contribution in [0.4, 0.5) is 13.2 Å². The van der Waals surface area contributed by atoms with Crippen LogP contribution in [-0.4, -0.2) is 31.1 Å². The summed E-state index contributed by atoms with van der Waals surface area (Å²) < 4.78 is 43.9. The molecule has 1 atom stereocenters. The minimum atomic E-state index is -4.64. The minimum Gasteiger partial charge on any atom is -0.430 e. The number of alkyl halides is 3. The molecule has 0 aliphatic rings. The molecule has 0 spiro atoms. The van der Waals surface area contributed by atoms with Crippen LogP contribution in [0.3, 0.4) is 0 Å². The lowest BCUT2D eigenvalue weighted by Gasteiger charge is -2.15. The second-order valence-electron chi connectivity index (χ2n) is 7.24. The van der Waals surface area contributed by atoms with E-state index in [4.69, 9.17) is 4.74 Å². The third-order valence-electron chi connectivity index (χ3n) is 4.52. The minimum absolute atomic E-state index is 0.279. The third-order valence-corrected chi connectivity index (χ3v) is 6.20. The highest BCUT2D eigenvalue weighted by atomic mass is 32.1. The van der Waals surface area contributed by atoms with Gasteiger partial charge >= 0.3 is 6.18 Å². The van der Waals surface area contributed by atoms with Gasteiger partial charge in [0, 0.05) is 40.2 Å². The molecule has 1 aromatic carbocycles. The molecule has 8 nitrogen and oxygen atoms in total. The summed E-state index contributed by atoms with van der Waals surface area (Å²) >= 11 is 2.72. The van der Waals surface area contributed by atoms with E-state index in [-0.39, 0.29) is 5.56 Å². The number of hydrogen-bond donors (Lipinski definition) is 1. The first kappa shape index (κ1) is 23.7. The summed E-state index contributed by atoms with van der Waals surface area (Å²) in [4.78, 5) is 25.1. The van der Waals surface area contributed by atoms with Crippen LogP contribution in [0.5, 0.6) is 10.9 Å². The number of aromatic nitrogens is 5. The summed E-state index contributed by atoms with van der Waals surface area (Å²) in [6.07, 6.45) is -0.820. The molecule has 3 aromatic heterocycles. The van der Waals surface area contributed by atoms with E-state index in [9.17, 15) is 18.0 Å². The maximum Gasteiger partial charge on any atom is 0.451 e. The Hall–Kier alpha value is -3.45. The maximum atomic E-state index is 13.0. The molecule has 176 valence electrons. The first-order chi connectivity index (χ1) is 16.1. The highest BCUT2D eigenvalue weighted by Crippen LogP contribution is 2.33. The third kappa shape index (κ3) is 5.54. The fraction of sp³-hybridized carbons (Fsp3) is 0.238. The number of halogens is 3. The average molecular weight is 507 g/mol. The van der Waals surface area contributed by atoms with E-state index in [0.29, 0.717) is 27.1 Å². The highest BCUT2D eigenvalue weighted by Gasteiger charge is 2.34. The fourth-order valence-electron chi connectivity index (χ4n) is 2.89. The Morgan fingerprint density at radius 3 is 2.35 bits per heavy atom. The molecule has 4 aromatic rings. The number of nitrogens with one attached hydrogen (secondary N) is 1. The Bertz CT molecular complexity index is 1320. The van der Waals surface area contributed by atoms with Gasteiger partial charge in [0.05, 0.1) is 6.04 Å². The number of rotatable bonds is 6. The van der Waals surface area contributed by atoms with Gasteiger partial charge in [0.2, 0.25) is 5.82 Å². The zero-order valence-corrected chi connectivity index (χ0v) is 19.7. The Labute approximate surface area is 199 Å². The Morgan fingerprint density at radius 1 is 1.03 bits per heavy atom. The van der Waals surface area contributed by atoms with E-state index in [1.165, 1.54) is 22.7 Å². The van der Waals surface area contributed by atoms with Crippen LogP contribution in [0.2, 0.25) is 0 Å². The molecule has 0 aliphatic heterocycles. The van der Waals surface area contributed by atoms with Crippen molar-refractivity contribution in [3.05, 3.63) is 63.6 Å². The highest BCUT2D eigenvalue weighted by molar-refractivity contribution is 7.15. The molecular formula is C21H17F3N6O2S2. The number of benzene rings is 1. The molecule has 1 amide bonds. The van der Waals surface area contributed by atoms with Crippen molar-refractivity contribution < 1.29 is 22.7 Å². The largest absolute Gasteiger partial charge is 0.451 e. The fourth-order valence-corrected chi connectivity index (χ4v) is 4.20. The smallest absolute Gasteiger partial charge is 0.430 e. The summed E-state index contributed by atoms with van der Waals surface area (Å²) in [7, 11) is 0. The summed E-state index contributed by atoms with van der Waals surface area (Å²) in [5, 5.41) is 12.4. The predicted molar refractivity (Wildman–Crippen MR) is 120 cm³/mol. The summed E-state index contributed by atoms with van der Waals surface area (Å²) in [6.45, 7) is 5.34. The molecule has 3 heterocycles. The van der Waals surface area contributed by atoms with Gasteiger partial charge in [-0.3, -0.25) is 4.79 Å². The van der Waals surface area contributed by atoms with E-state index >= 15 is 0 Å². The maximum absolute atomic E-state index is 13.0. The monoisotopic (exact) mass is 506 g/mol. The van der Waals surface area contributed by atoms with E-state index in [1.807, 2.05) is 6.92 Å². The molecule has 0 saturated carbocycles. The first-order valence-corrected chi connectivity index (χ1v) is 11.5. The SMILES string of the molecule is Cc1cnc(-c2cc(Oc3nnc(C)s3)cc(C(=O)NC(C)c3cnc(C(F)(F)F)nc3)c2)s1. The normalized spacial score (nSPS) is 12.4. The van der Waals surface area contributed by atoms with Gasteiger partial charge in [-0.1, -0.05) is 16.4 Å². The second kappa shape index (κ2) is 9.43. The number of nitrogens with zero attached hydrogens (tertiary/aromatic N) is 5. The van der Waals surface area contributed by atoms with Crippen molar-refractivity contribution in [2.24, 2.45) is 0 Å². The molecule has 0 saturated heterocycles. The zero-order chi connectivity index (χ0) is 24.5. The van der Waals surface area contributed by atoms with E-state index in [0.717, 1.165) is 22.3 Å². The first-order valence-electron chi connectivity index (χ1n) is 9.84. The molecule has 13 heteroatoms. The number of amides is 1. The van der Waals surface area contributed by atoms with Crippen molar-refractivity contribution in [1.29, 1.82) is 0 Å². The number of hydrogen-bond acceptors (Lipinski definition) is 9. The second-order valence-corrected chi connectivity index (χ2v) is 9.62. The Balaban J connectivity index is 1.59. The van der Waals surface area contributed by atoms with Crippen LogP contribution in [0.25, 0.3) is 10.6 Å². The summed E-state index contributed by atoms with van der Waals surface area (Å²) in [6, 6.07) is 4.32. The van der Waals surface area contributed by atoms with E-state index < -0.39 is 23.9 Å². The predicted octanol–water partition coefficient (Wildman–Crippen LogP) is 5.37. The molecule has 4 rings (SSSR count). The molecule has 34 heavy (non-hydrogen) atoms. The standard InChI is InChI=1S/C21H17F3N6O2S2/c1-10-7-25-18(33-10)14-4-13(5-16(6-14)32-20-30-29-12(3)34-20)17(31)28-11(2)15-8-26-19(27-9-15)21(22,23)24/h4-9,11H,1-3H3,(H,28,31). The van der Waals surface area contributed by atoms with Gasteiger partial charge in [-0.25, -0.2) is 15.0 Å². The average Bonchev–Trinajstić information content (AvgIpc) is 3.40. The van der Waals surface area contributed by atoms with E-state index in [2.05, 4.69) is 30.5 Å². The number of carbonyl (C=O) groups is 1. The molecule has 0 aliphatic carbocycles. The van der Waals surface area contributed by atoms with Gasteiger partial charge in [-0.2, -0.15) is 13.2 Å². The number of aryl methyl sites for hydroxylation is 2. The van der Waals surface area contributed by atoms with E-state index in [1.54, 1.807) is 38.2 Å². The van der Waals surface area contributed by atoms with Crippen LogP contribution >= 0.6 is 22.7 Å². The summed E-state index contributed by atoms with van der Waals surface area (Å²) in [5.74, 6) is -1.33. The lowest BCUT2D eigenvalue weighted by molar-refractivity contribution is -0.145. The zero-order valence-electron chi connectivity index (χ0n) is 18.0. The van der Waals surface area contributed by atoms with Gasteiger partial charge in [0.15, 0.2) is 0 Å².